The van der Waals surface area contributed by atoms with E-state index in [2.05, 4.69) is 5.32 Å². The number of hydrogen-bond donors (Lipinski definition) is 3. The number of rotatable bonds is 4. The van der Waals surface area contributed by atoms with Crippen molar-refractivity contribution >= 4 is 18.5 Å². The van der Waals surface area contributed by atoms with Gasteiger partial charge in [-0.15, -0.1) is 12.4 Å². The highest BCUT2D eigenvalue weighted by Gasteiger charge is 2.16. The van der Waals surface area contributed by atoms with Crippen LogP contribution in [0.1, 0.15) is 32.4 Å². The predicted octanol–water partition coefficient (Wildman–Crippen LogP) is 2.30. The molecule has 1 aromatic rings. The Hall–Kier alpha value is -1.50. The maximum absolute atomic E-state index is 11.5. The highest BCUT2D eigenvalue weighted by molar-refractivity contribution is 5.85. The average Bonchev–Trinajstić information content (AvgIpc) is 2.34. The van der Waals surface area contributed by atoms with Crippen molar-refractivity contribution in [3.8, 4) is 11.5 Å². The van der Waals surface area contributed by atoms with Gasteiger partial charge in [-0.3, -0.25) is 0 Å². The number of ether oxygens (including phenoxy) is 1. The smallest absolute Gasteiger partial charge is 0.414 e. The maximum atomic E-state index is 11.5. The van der Waals surface area contributed by atoms with Gasteiger partial charge in [0.15, 0.2) is 0 Å². The zero-order valence-corrected chi connectivity index (χ0v) is 14.4. The Kier molecular flexibility index (Phi) is 7.66. The third-order valence-corrected chi connectivity index (χ3v) is 2.69. The molecular formula is C15H25ClN2O4. The Labute approximate surface area is 137 Å². The van der Waals surface area contributed by atoms with E-state index in [1.807, 2.05) is 20.8 Å². The first kappa shape index (κ1) is 20.5. The number of β-amino-alcohol motifs (C(OH)–C–C–N with tert-alkyl or cyclic N) is 1. The topological polar surface area (TPSA) is 82.0 Å². The summed E-state index contributed by atoms with van der Waals surface area (Å²) in [7, 11) is 3.13. The number of carbonyl (C=O) groups is 1. The van der Waals surface area contributed by atoms with E-state index in [-0.39, 0.29) is 29.4 Å². The van der Waals surface area contributed by atoms with Crippen LogP contribution >= 0.6 is 12.4 Å². The number of halogens is 1. The van der Waals surface area contributed by atoms with Crippen molar-refractivity contribution in [2.75, 3.05) is 20.6 Å². The van der Waals surface area contributed by atoms with E-state index in [0.29, 0.717) is 12.1 Å². The quantitative estimate of drug-likeness (QED) is 0.788. The SMILES string of the molecule is CN(C)C(=O)Oc1cc(O)cc(C(O)CNC(C)(C)C)c1.Cl. The highest BCUT2D eigenvalue weighted by atomic mass is 35.5. The van der Waals surface area contributed by atoms with Crippen LogP contribution in [0.25, 0.3) is 0 Å². The Morgan fingerprint density at radius 3 is 2.41 bits per heavy atom. The summed E-state index contributed by atoms with van der Waals surface area (Å²) in [4.78, 5) is 12.8. The molecule has 1 rings (SSSR count). The van der Waals surface area contributed by atoms with Gasteiger partial charge in [0.05, 0.1) is 6.10 Å². The molecule has 126 valence electrons. The Bertz CT molecular complexity index is 501. The molecule has 1 atom stereocenters. The Morgan fingerprint density at radius 2 is 1.91 bits per heavy atom. The van der Waals surface area contributed by atoms with Crippen molar-refractivity contribution in [1.82, 2.24) is 10.2 Å². The summed E-state index contributed by atoms with van der Waals surface area (Å²) in [5.41, 5.74) is 0.353. The van der Waals surface area contributed by atoms with Gasteiger partial charge in [0.25, 0.3) is 0 Å². The molecular weight excluding hydrogens is 308 g/mol. The Balaban J connectivity index is 0.00000441. The molecule has 0 aliphatic rings. The number of aliphatic hydroxyl groups excluding tert-OH is 1. The molecule has 0 saturated heterocycles. The fourth-order valence-corrected chi connectivity index (χ4v) is 1.57. The molecule has 0 aliphatic heterocycles. The molecule has 0 bridgehead atoms. The average molecular weight is 333 g/mol. The van der Waals surface area contributed by atoms with Crippen LogP contribution in [0, 0.1) is 0 Å². The van der Waals surface area contributed by atoms with Gasteiger partial charge in [0.1, 0.15) is 11.5 Å². The van der Waals surface area contributed by atoms with E-state index < -0.39 is 12.2 Å². The highest BCUT2D eigenvalue weighted by Crippen LogP contribution is 2.26. The second kappa shape index (κ2) is 8.22. The van der Waals surface area contributed by atoms with Crippen molar-refractivity contribution in [3.63, 3.8) is 0 Å². The van der Waals surface area contributed by atoms with E-state index in [1.54, 1.807) is 14.1 Å². The molecule has 7 heteroatoms. The van der Waals surface area contributed by atoms with Gasteiger partial charge in [-0.25, -0.2) is 4.79 Å². The van der Waals surface area contributed by atoms with Crippen molar-refractivity contribution < 1.29 is 19.7 Å². The van der Waals surface area contributed by atoms with Crippen LogP contribution in [0.4, 0.5) is 4.79 Å². The summed E-state index contributed by atoms with van der Waals surface area (Å²) in [5, 5.41) is 23.0. The summed E-state index contributed by atoms with van der Waals surface area (Å²) < 4.78 is 5.09. The second-order valence-electron chi connectivity index (χ2n) is 6.17. The minimum Gasteiger partial charge on any atom is -0.508 e. The van der Waals surface area contributed by atoms with Crippen LogP contribution in [0.15, 0.2) is 18.2 Å². The third kappa shape index (κ3) is 6.98. The zero-order chi connectivity index (χ0) is 16.2. The van der Waals surface area contributed by atoms with Crippen LogP contribution < -0.4 is 10.1 Å². The number of aliphatic hydroxyl groups is 1. The van der Waals surface area contributed by atoms with Gasteiger partial charge in [-0.1, -0.05) is 0 Å². The lowest BCUT2D eigenvalue weighted by atomic mass is 10.1. The number of nitrogens with one attached hydrogen (secondary N) is 1. The van der Waals surface area contributed by atoms with Crippen molar-refractivity contribution in [3.05, 3.63) is 23.8 Å². The molecule has 0 heterocycles. The predicted molar refractivity (Wildman–Crippen MR) is 87.8 cm³/mol. The van der Waals surface area contributed by atoms with Gasteiger partial charge < -0.3 is 25.2 Å². The minimum absolute atomic E-state index is 0. The summed E-state index contributed by atoms with van der Waals surface area (Å²) >= 11 is 0. The van der Waals surface area contributed by atoms with Crippen molar-refractivity contribution in [1.29, 1.82) is 0 Å². The van der Waals surface area contributed by atoms with Gasteiger partial charge in [0.2, 0.25) is 0 Å². The van der Waals surface area contributed by atoms with Gasteiger partial charge in [0, 0.05) is 32.2 Å². The second-order valence-corrected chi connectivity index (χ2v) is 6.17. The monoisotopic (exact) mass is 332 g/mol. The molecule has 3 N–H and O–H groups in total. The van der Waals surface area contributed by atoms with Crippen molar-refractivity contribution in [2.24, 2.45) is 0 Å². The molecule has 0 fully saturated rings. The normalized spacial score (nSPS) is 12.3. The molecule has 0 radical (unpaired) electrons. The number of nitrogens with zero attached hydrogens (tertiary/aromatic N) is 1. The number of benzene rings is 1. The van der Waals surface area contributed by atoms with Gasteiger partial charge >= 0.3 is 6.09 Å². The van der Waals surface area contributed by atoms with Gasteiger partial charge in [-0.05, 0) is 38.5 Å². The van der Waals surface area contributed by atoms with Crippen molar-refractivity contribution in [2.45, 2.75) is 32.4 Å². The summed E-state index contributed by atoms with van der Waals surface area (Å²) in [6.07, 6.45) is -1.36. The van der Waals surface area contributed by atoms with E-state index >= 15 is 0 Å². The van der Waals surface area contributed by atoms with E-state index in [9.17, 15) is 15.0 Å². The Morgan fingerprint density at radius 1 is 1.32 bits per heavy atom. The molecule has 6 nitrogen and oxygen atoms in total. The first-order valence-electron chi connectivity index (χ1n) is 6.74. The van der Waals surface area contributed by atoms with Crippen LogP contribution in [-0.2, 0) is 0 Å². The number of carbonyl (C=O) groups excluding carboxylic acids is 1. The molecule has 1 aromatic carbocycles. The van der Waals surface area contributed by atoms with Crippen LogP contribution in [-0.4, -0.2) is 47.4 Å². The van der Waals surface area contributed by atoms with Crippen LogP contribution in [0.2, 0.25) is 0 Å². The largest absolute Gasteiger partial charge is 0.508 e. The van der Waals surface area contributed by atoms with Crippen LogP contribution in [0.5, 0.6) is 11.5 Å². The number of phenolic OH excluding ortho intramolecular Hbond substituents is 1. The molecule has 0 saturated carbocycles. The lowest BCUT2D eigenvalue weighted by Gasteiger charge is -2.23. The number of phenols is 1. The summed E-state index contributed by atoms with van der Waals surface area (Å²) in [6.45, 7) is 6.31. The molecule has 0 aromatic heterocycles. The lowest BCUT2D eigenvalue weighted by molar-refractivity contribution is 0.161. The van der Waals surface area contributed by atoms with E-state index in [4.69, 9.17) is 4.74 Å². The van der Waals surface area contributed by atoms with E-state index in [1.165, 1.54) is 23.1 Å². The third-order valence-electron chi connectivity index (χ3n) is 2.69. The molecule has 1 unspecified atom stereocenters. The first-order valence-corrected chi connectivity index (χ1v) is 6.74. The molecule has 22 heavy (non-hydrogen) atoms. The minimum atomic E-state index is -0.812. The molecule has 0 spiro atoms. The number of amides is 1. The molecule has 0 aliphatic carbocycles. The fraction of sp³-hybridized carbons (Fsp3) is 0.533. The number of hydrogen-bond acceptors (Lipinski definition) is 5. The zero-order valence-electron chi connectivity index (χ0n) is 13.6. The van der Waals surface area contributed by atoms with Crippen LogP contribution in [0.3, 0.4) is 0 Å². The van der Waals surface area contributed by atoms with Gasteiger partial charge in [-0.2, -0.15) is 0 Å². The molecule has 1 amide bonds. The maximum Gasteiger partial charge on any atom is 0.414 e. The summed E-state index contributed by atoms with van der Waals surface area (Å²) in [5.74, 6) is 0.127. The first-order chi connectivity index (χ1) is 9.58. The fourth-order valence-electron chi connectivity index (χ4n) is 1.57. The van der Waals surface area contributed by atoms with E-state index in [0.717, 1.165) is 0 Å². The number of aromatic hydroxyl groups is 1. The summed E-state index contributed by atoms with van der Waals surface area (Å²) in [6, 6.07) is 4.31. The lowest BCUT2D eigenvalue weighted by Crippen LogP contribution is -2.38. The standard InChI is InChI=1S/C15H24N2O4.ClH/c1-15(2,3)16-9-13(19)10-6-11(18)8-12(7-10)21-14(20)17(4)5;/h6-8,13,16,18-19H,9H2,1-5H3;1H.